The maximum Gasteiger partial charge on any atom is 0.316 e. The second-order valence-electron chi connectivity index (χ2n) is 4.17. The Balaban J connectivity index is 2.62. The molecule has 0 unspecified atom stereocenters. The van der Waals surface area contributed by atoms with Gasteiger partial charge < -0.3 is 5.73 Å². The van der Waals surface area contributed by atoms with E-state index in [-0.39, 0.29) is 23.0 Å². The SMILES string of the molecule is CCc1ccc(-c2nc(N)nc(C)c2[N+](=O)[O-])cc1. The van der Waals surface area contributed by atoms with Crippen LogP contribution < -0.4 is 5.73 Å². The van der Waals surface area contributed by atoms with Crippen molar-refractivity contribution in [3.8, 4) is 11.3 Å². The first-order valence-corrected chi connectivity index (χ1v) is 5.90. The lowest BCUT2D eigenvalue weighted by molar-refractivity contribution is -0.385. The van der Waals surface area contributed by atoms with Crippen molar-refractivity contribution in [2.45, 2.75) is 20.3 Å². The van der Waals surface area contributed by atoms with Gasteiger partial charge in [0.15, 0.2) is 5.69 Å². The van der Waals surface area contributed by atoms with Gasteiger partial charge >= 0.3 is 5.69 Å². The number of nitro groups is 1. The van der Waals surface area contributed by atoms with Crippen LogP contribution in [-0.4, -0.2) is 14.9 Å². The van der Waals surface area contributed by atoms with Gasteiger partial charge in [-0.25, -0.2) is 9.97 Å². The summed E-state index contributed by atoms with van der Waals surface area (Å²) in [6.45, 7) is 3.60. The lowest BCUT2D eigenvalue weighted by Crippen LogP contribution is -2.04. The molecule has 1 aromatic carbocycles. The van der Waals surface area contributed by atoms with Crippen LogP contribution >= 0.6 is 0 Å². The number of hydrogen-bond donors (Lipinski definition) is 1. The lowest BCUT2D eigenvalue weighted by atomic mass is 10.1. The van der Waals surface area contributed by atoms with Crippen LogP contribution in [0.2, 0.25) is 0 Å². The third-order valence-electron chi connectivity index (χ3n) is 2.89. The molecule has 0 saturated heterocycles. The van der Waals surface area contributed by atoms with Crippen molar-refractivity contribution in [3.05, 3.63) is 45.6 Å². The zero-order valence-corrected chi connectivity index (χ0v) is 10.8. The van der Waals surface area contributed by atoms with Crippen LogP contribution in [0.4, 0.5) is 11.6 Å². The molecule has 0 radical (unpaired) electrons. The van der Waals surface area contributed by atoms with Gasteiger partial charge in [-0.15, -0.1) is 0 Å². The first kappa shape index (κ1) is 12.9. The molecule has 6 nitrogen and oxygen atoms in total. The second-order valence-corrected chi connectivity index (χ2v) is 4.17. The molecule has 0 aliphatic heterocycles. The number of aryl methyl sites for hydroxylation is 2. The van der Waals surface area contributed by atoms with Gasteiger partial charge in [-0.1, -0.05) is 31.2 Å². The van der Waals surface area contributed by atoms with Gasteiger partial charge in [-0.2, -0.15) is 0 Å². The molecule has 0 aliphatic carbocycles. The topological polar surface area (TPSA) is 94.9 Å². The Bertz CT molecular complexity index is 623. The van der Waals surface area contributed by atoms with E-state index in [1.54, 1.807) is 6.92 Å². The van der Waals surface area contributed by atoms with Crippen LogP contribution in [0.15, 0.2) is 24.3 Å². The fourth-order valence-corrected chi connectivity index (χ4v) is 1.91. The molecule has 0 atom stereocenters. The molecule has 0 fully saturated rings. The van der Waals surface area contributed by atoms with Crippen molar-refractivity contribution >= 4 is 11.6 Å². The number of nitrogens with zero attached hydrogens (tertiary/aromatic N) is 3. The molecule has 0 spiro atoms. The summed E-state index contributed by atoms with van der Waals surface area (Å²) in [6, 6.07) is 7.47. The van der Waals surface area contributed by atoms with E-state index < -0.39 is 4.92 Å². The molecule has 2 rings (SSSR count). The molecule has 0 amide bonds. The molecule has 1 heterocycles. The first-order valence-electron chi connectivity index (χ1n) is 5.90. The van der Waals surface area contributed by atoms with E-state index in [1.807, 2.05) is 31.2 Å². The highest BCUT2D eigenvalue weighted by atomic mass is 16.6. The molecular formula is C13H14N4O2. The molecule has 1 aromatic heterocycles. The highest BCUT2D eigenvalue weighted by Gasteiger charge is 2.22. The number of hydrogen-bond acceptors (Lipinski definition) is 5. The quantitative estimate of drug-likeness (QED) is 0.674. The summed E-state index contributed by atoms with van der Waals surface area (Å²) >= 11 is 0. The van der Waals surface area contributed by atoms with Crippen molar-refractivity contribution in [3.63, 3.8) is 0 Å². The van der Waals surface area contributed by atoms with E-state index in [2.05, 4.69) is 9.97 Å². The summed E-state index contributed by atoms with van der Waals surface area (Å²) in [5.41, 5.74) is 7.84. The van der Waals surface area contributed by atoms with Crippen molar-refractivity contribution in [1.29, 1.82) is 0 Å². The Hall–Kier alpha value is -2.50. The number of rotatable bonds is 3. The second kappa shape index (κ2) is 5.01. The van der Waals surface area contributed by atoms with Gasteiger partial charge in [0, 0.05) is 5.56 Å². The summed E-state index contributed by atoms with van der Waals surface area (Å²) in [5, 5.41) is 11.1. The fourth-order valence-electron chi connectivity index (χ4n) is 1.91. The van der Waals surface area contributed by atoms with Crippen molar-refractivity contribution in [2.75, 3.05) is 5.73 Å². The molecule has 0 saturated carbocycles. The van der Waals surface area contributed by atoms with E-state index in [4.69, 9.17) is 5.73 Å². The van der Waals surface area contributed by atoms with Gasteiger partial charge in [-0.3, -0.25) is 10.1 Å². The van der Waals surface area contributed by atoms with Crippen LogP contribution in [0, 0.1) is 17.0 Å². The van der Waals surface area contributed by atoms with Gasteiger partial charge in [0.25, 0.3) is 0 Å². The monoisotopic (exact) mass is 258 g/mol. The van der Waals surface area contributed by atoms with E-state index >= 15 is 0 Å². The maximum absolute atomic E-state index is 11.1. The third kappa shape index (κ3) is 2.52. The standard InChI is InChI=1S/C13H14N4O2/c1-3-9-4-6-10(7-5-9)11-12(17(18)19)8(2)15-13(14)16-11/h4-7H,3H2,1-2H3,(H2,14,15,16). The zero-order valence-electron chi connectivity index (χ0n) is 10.8. The smallest absolute Gasteiger partial charge is 0.316 e. The molecule has 2 N–H and O–H groups in total. The third-order valence-corrected chi connectivity index (χ3v) is 2.89. The number of nitrogens with two attached hydrogens (primary N) is 1. The van der Waals surface area contributed by atoms with E-state index in [0.29, 0.717) is 5.56 Å². The van der Waals surface area contributed by atoms with Gasteiger partial charge in [0.05, 0.1) is 4.92 Å². The molecular weight excluding hydrogens is 244 g/mol. The minimum absolute atomic E-state index is 0.0395. The maximum atomic E-state index is 11.1. The van der Waals surface area contributed by atoms with Gasteiger partial charge in [-0.05, 0) is 18.9 Å². The predicted octanol–water partition coefficient (Wildman–Crippen LogP) is 2.50. The Kier molecular flexibility index (Phi) is 3.41. The highest BCUT2D eigenvalue weighted by Crippen LogP contribution is 2.30. The molecule has 0 bridgehead atoms. The normalized spacial score (nSPS) is 10.4. The first-order chi connectivity index (χ1) is 9.02. The zero-order chi connectivity index (χ0) is 14.0. The average molecular weight is 258 g/mol. The summed E-state index contributed by atoms with van der Waals surface area (Å²) in [4.78, 5) is 18.5. The number of nitrogen functional groups attached to an aromatic ring is 1. The Morgan fingerprint density at radius 3 is 2.42 bits per heavy atom. The summed E-state index contributed by atoms with van der Waals surface area (Å²) in [6.07, 6.45) is 0.910. The largest absolute Gasteiger partial charge is 0.368 e. The Labute approximate surface area is 110 Å². The number of anilines is 1. The van der Waals surface area contributed by atoms with Crippen LogP contribution in [-0.2, 0) is 6.42 Å². The van der Waals surface area contributed by atoms with E-state index in [0.717, 1.165) is 12.0 Å². The molecule has 0 aliphatic rings. The van der Waals surface area contributed by atoms with E-state index in [1.165, 1.54) is 0 Å². The minimum atomic E-state index is -0.474. The molecule has 19 heavy (non-hydrogen) atoms. The van der Waals surface area contributed by atoms with Crippen LogP contribution in [0.5, 0.6) is 0 Å². The summed E-state index contributed by atoms with van der Waals surface area (Å²) < 4.78 is 0. The average Bonchev–Trinajstić information content (AvgIpc) is 2.37. The fraction of sp³-hybridized carbons (Fsp3) is 0.231. The highest BCUT2D eigenvalue weighted by molar-refractivity contribution is 5.71. The van der Waals surface area contributed by atoms with Crippen molar-refractivity contribution in [1.82, 2.24) is 9.97 Å². The predicted molar refractivity (Wildman–Crippen MR) is 72.6 cm³/mol. The summed E-state index contributed by atoms with van der Waals surface area (Å²) in [5.74, 6) is 0.0395. The molecule has 2 aromatic rings. The summed E-state index contributed by atoms with van der Waals surface area (Å²) in [7, 11) is 0. The molecule has 6 heteroatoms. The van der Waals surface area contributed by atoms with Gasteiger partial charge in [0.1, 0.15) is 5.69 Å². The van der Waals surface area contributed by atoms with Crippen molar-refractivity contribution < 1.29 is 4.92 Å². The van der Waals surface area contributed by atoms with Crippen LogP contribution in [0.25, 0.3) is 11.3 Å². The minimum Gasteiger partial charge on any atom is -0.368 e. The Morgan fingerprint density at radius 1 is 1.26 bits per heavy atom. The van der Waals surface area contributed by atoms with Crippen LogP contribution in [0.1, 0.15) is 18.2 Å². The number of benzene rings is 1. The molecule has 98 valence electrons. The van der Waals surface area contributed by atoms with Crippen molar-refractivity contribution in [2.24, 2.45) is 0 Å². The Morgan fingerprint density at radius 2 is 1.89 bits per heavy atom. The lowest BCUT2D eigenvalue weighted by Gasteiger charge is -2.06. The number of aromatic nitrogens is 2. The van der Waals surface area contributed by atoms with Crippen LogP contribution in [0.3, 0.4) is 0 Å². The van der Waals surface area contributed by atoms with Gasteiger partial charge in [0.2, 0.25) is 5.95 Å². The van der Waals surface area contributed by atoms with E-state index in [9.17, 15) is 10.1 Å².